The fourth-order valence-electron chi connectivity index (χ4n) is 2.63. The van der Waals surface area contributed by atoms with Crippen molar-refractivity contribution >= 4 is 16.0 Å². The zero-order valence-corrected chi connectivity index (χ0v) is 12.9. The lowest BCUT2D eigenvalue weighted by Crippen LogP contribution is -2.43. The first-order valence-electron chi connectivity index (χ1n) is 7.11. The first-order valence-corrected chi connectivity index (χ1v) is 8.55. The predicted molar refractivity (Wildman–Crippen MR) is 78.0 cm³/mol. The topological polar surface area (TPSA) is 75.2 Å². The lowest BCUT2D eigenvalue weighted by Gasteiger charge is -2.34. The maximum atomic E-state index is 12.7. The Labute approximate surface area is 120 Å². The molecule has 0 bridgehead atoms. The van der Waals surface area contributed by atoms with Crippen molar-refractivity contribution in [2.75, 3.05) is 18.9 Å². The normalized spacial score (nSPS) is 20.8. The highest BCUT2D eigenvalue weighted by Crippen LogP contribution is 2.27. The van der Waals surface area contributed by atoms with Crippen LogP contribution in [0, 0.1) is 0 Å². The molecule has 1 aromatic rings. The molecule has 1 fully saturated rings. The van der Waals surface area contributed by atoms with Gasteiger partial charge in [0.2, 0.25) is 16.0 Å². The smallest absolute Gasteiger partial charge is 0.246 e. The standard InChI is InChI=1S/C13H22N4O2S/c1-3-6-11-7-4-5-8-17(11)20(18,19)12-9-15-13(14-2)16-10-12/h9-11H,3-8H2,1-2H3,(H,14,15,16). The van der Waals surface area contributed by atoms with Crippen LogP contribution in [-0.4, -0.2) is 42.3 Å². The molecule has 0 amide bonds. The molecule has 7 heteroatoms. The van der Waals surface area contributed by atoms with Crippen LogP contribution in [0.25, 0.3) is 0 Å². The van der Waals surface area contributed by atoms with Crippen molar-refractivity contribution in [3.63, 3.8) is 0 Å². The van der Waals surface area contributed by atoms with Crippen molar-refractivity contribution in [3.8, 4) is 0 Å². The molecule has 0 saturated carbocycles. The summed E-state index contributed by atoms with van der Waals surface area (Å²) in [5, 5.41) is 2.78. The van der Waals surface area contributed by atoms with E-state index in [1.165, 1.54) is 12.4 Å². The maximum absolute atomic E-state index is 12.7. The first kappa shape index (κ1) is 15.2. The second-order valence-electron chi connectivity index (χ2n) is 5.05. The largest absolute Gasteiger partial charge is 0.357 e. The van der Waals surface area contributed by atoms with E-state index in [9.17, 15) is 8.42 Å². The zero-order valence-electron chi connectivity index (χ0n) is 12.0. The van der Waals surface area contributed by atoms with Crippen molar-refractivity contribution in [2.45, 2.75) is 50.0 Å². The van der Waals surface area contributed by atoms with Gasteiger partial charge in [-0.05, 0) is 19.3 Å². The van der Waals surface area contributed by atoms with Gasteiger partial charge in [-0.25, -0.2) is 18.4 Å². The van der Waals surface area contributed by atoms with E-state index in [1.807, 2.05) is 0 Å². The molecular weight excluding hydrogens is 276 g/mol. The van der Waals surface area contributed by atoms with Gasteiger partial charge in [-0.2, -0.15) is 4.31 Å². The number of aromatic nitrogens is 2. The lowest BCUT2D eigenvalue weighted by molar-refractivity contribution is 0.239. The van der Waals surface area contributed by atoms with E-state index < -0.39 is 10.0 Å². The summed E-state index contributed by atoms with van der Waals surface area (Å²) in [6, 6.07) is 0.114. The van der Waals surface area contributed by atoms with Crippen LogP contribution < -0.4 is 5.32 Å². The average Bonchev–Trinajstić information content (AvgIpc) is 2.48. The molecule has 2 rings (SSSR count). The molecule has 1 saturated heterocycles. The molecule has 20 heavy (non-hydrogen) atoms. The first-order chi connectivity index (χ1) is 9.59. The maximum Gasteiger partial charge on any atom is 0.246 e. The monoisotopic (exact) mass is 298 g/mol. The van der Waals surface area contributed by atoms with E-state index in [-0.39, 0.29) is 10.9 Å². The molecule has 0 aromatic carbocycles. The number of piperidine rings is 1. The number of nitrogens with one attached hydrogen (secondary N) is 1. The van der Waals surface area contributed by atoms with Crippen molar-refractivity contribution in [3.05, 3.63) is 12.4 Å². The SMILES string of the molecule is CCCC1CCCCN1S(=O)(=O)c1cnc(NC)nc1. The Bertz CT molecular complexity index is 528. The van der Waals surface area contributed by atoms with Crippen LogP contribution in [0.4, 0.5) is 5.95 Å². The van der Waals surface area contributed by atoms with Crippen LogP contribution in [0.15, 0.2) is 17.3 Å². The van der Waals surface area contributed by atoms with Crippen molar-refractivity contribution in [1.82, 2.24) is 14.3 Å². The summed E-state index contributed by atoms with van der Waals surface area (Å²) in [4.78, 5) is 8.18. The Morgan fingerprint density at radius 2 is 2.05 bits per heavy atom. The summed E-state index contributed by atoms with van der Waals surface area (Å²) in [6.45, 7) is 2.69. The molecule has 1 atom stereocenters. The van der Waals surface area contributed by atoms with Gasteiger partial charge in [-0.3, -0.25) is 0 Å². The van der Waals surface area contributed by atoms with Gasteiger partial charge in [0.25, 0.3) is 0 Å². The fraction of sp³-hybridized carbons (Fsp3) is 0.692. The van der Waals surface area contributed by atoms with Crippen molar-refractivity contribution < 1.29 is 8.42 Å². The molecule has 1 aromatic heterocycles. The van der Waals surface area contributed by atoms with Gasteiger partial charge in [0, 0.05) is 19.6 Å². The number of sulfonamides is 1. The average molecular weight is 298 g/mol. The number of hydrogen-bond acceptors (Lipinski definition) is 5. The molecule has 112 valence electrons. The Morgan fingerprint density at radius 1 is 1.35 bits per heavy atom. The second kappa shape index (κ2) is 6.49. The molecule has 1 N–H and O–H groups in total. The Hall–Kier alpha value is -1.21. The van der Waals surface area contributed by atoms with Crippen LogP contribution in [0.1, 0.15) is 39.0 Å². The molecule has 0 aliphatic carbocycles. The van der Waals surface area contributed by atoms with Crippen LogP contribution >= 0.6 is 0 Å². The highest BCUT2D eigenvalue weighted by atomic mass is 32.2. The molecule has 1 aliphatic rings. The van der Waals surface area contributed by atoms with Crippen LogP contribution in [0.3, 0.4) is 0 Å². The van der Waals surface area contributed by atoms with Gasteiger partial charge in [0.1, 0.15) is 4.90 Å². The lowest BCUT2D eigenvalue weighted by atomic mass is 10.0. The third-order valence-electron chi connectivity index (χ3n) is 3.65. The molecule has 0 spiro atoms. The molecule has 6 nitrogen and oxygen atoms in total. The summed E-state index contributed by atoms with van der Waals surface area (Å²) < 4.78 is 27.0. The summed E-state index contributed by atoms with van der Waals surface area (Å²) >= 11 is 0. The number of anilines is 1. The van der Waals surface area contributed by atoms with E-state index >= 15 is 0 Å². The minimum atomic E-state index is -3.48. The number of hydrogen-bond donors (Lipinski definition) is 1. The summed E-state index contributed by atoms with van der Waals surface area (Å²) in [7, 11) is -1.78. The van der Waals surface area contributed by atoms with Gasteiger partial charge in [-0.15, -0.1) is 0 Å². The van der Waals surface area contributed by atoms with Crippen LogP contribution in [0.2, 0.25) is 0 Å². The highest BCUT2D eigenvalue weighted by Gasteiger charge is 2.33. The minimum absolute atomic E-state index is 0.114. The third-order valence-corrected chi connectivity index (χ3v) is 5.56. The Kier molecular flexibility index (Phi) is 4.93. The summed E-state index contributed by atoms with van der Waals surface area (Å²) in [5.41, 5.74) is 0. The fourth-order valence-corrected chi connectivity index (χ4v) is 4.24. The van der Waals surface area contributed by atoms with E-state index in [4.69, 9.17) is 0 Å². The summed E-state index contributed by atoms with van der Waals surface area (Å²) in [6.07, 6.45) is 7.64. The molecule has 1 aliphatic heterocycles. The highest BCUT2D eigenvalue weighted by molar-refractivity contribution is 7.89. The van der Waals surface area contributed by atoms with Crippen molar-refractivity contribution in [1.29, 1.82) is 0 Å². The third kappa shape index (κ3) is 3.09. The quantitative estimate of drug-likeness (QED) is 0.898. The minimum Gasteiger partial charge on any atom is -0.357 e. The van der Waals surface area contributed by atoms with E-state index in [2.05, 4.69) is 22.2 Å². The van der Waals surface area contributed by atoms with Crippen LogP contribution in [-0.2, 0) is 10.0 Å². The molecular formula is C13H22N4O2S. The van der Waals surface area contributed by atoms with Crippen molar-refractivity contribution in [2.24, 2.45) is 0 Å². The van der Waals surface area contributed by atoms with Gasteiger partial charge in [0.05, 0.1) is 12.4 Å². The van der Waals surface area contributed by atoms with Gasteiger partial charge in [0.15, 0.2) is 0 Å². The van der Waals surface area contributed by atoms with Gasteiger partial charge < -0.3 is 5.32 Å². The van der Waals surface area contributed by atoms with E-state index in [0.29, 0.717) is 12.5 Å². The summed E-state index contributed by atoms with van der Waals surface area (Å²) in [5.74, 6) is 0.424. The van der Waals surface area contributed by atoms with Crippen LogP contribution in [0.5, 0.6) is 0 Å². The molecule has 1 unspecified atom stereocenters. The second-order valence-corrected chi connectivity index (χ2v) is 6.94. The predicted octanol–water partition coefficient (Wildman–Crippen LogP) is 1.86. The Morgan fingerprint density at radius 3 is 2.65 bits per heavy atom. The van der Waals surface area contributed by atoms with E-state index in [1.54, 1.807) is 11.4 Å². The van der Waals surface area contributed by atoms with Gasteiger partial charge in [-0.1, -0.05) is 19.8 Å². The van der Waals surface area contributed by atoms with E-state index in [0.717, 1.165) is 32.1 Å². The zero-order chi connectivity index (χ0) is 14.6. The molecule has 0 radical (unpaired) electrons. The number of nitrogens with zero attached hydrogens (tertiary/aromatic N) is 3. The number of rotatable bonds is 5. The Balaban J connectivity index is 2.26. The molecule has 2 heterocycles. The van der Waals surface area contributed by atoms with Gasteiger partial charge >= 0.3 is 0 Å².